The van der Waals surface area contributed by atoms with Gasteiger partial charge < -0.3 is 4.90 Å². The lowest BCUT2D eigenvalue weighted by atomic mass is 9.94. The standard InChI is InChI=1S/C14H16N2OS/c1-10(17)11-6-8-16(9-7-11)14-15-12-4-2-3-5-13(12)18-14/h2-5,11H,6-9H2,1H3. The second-order valence-electron chi connectivity index (χ2n) is 4.84. The van der Waals surface area contributed by atoms with E-state index in [-0.39, 0.29) is 5.92 Å². The van der Waals surface area contributed by atoms with Gasteiger partial charge in [-0.1, -0.05) is 23.5 Å². The van der Waals surface area contributed by atoms with Gasteiger partial charge in [0.05, 0.1) is 10.2 Å². The molecule has 2 heterocycles. The van der Waals surface area contributed by atoms with E-state index in [1.54, 1.807) is 18.3 Å². The van der Waals surface area contributed by atoms with Crippen LogP contribution in [0.2, 0.25) is 0 Å². The fourth-order valence-corrected chi connectivity index (χ4v) is 3.49. The van der Waals surface area contributed by atoms with Crippen molar-refractivity contribution in [2.75, 3.05) is 18.0 Å². The van der Waals surface area contributed by atoms with Crippen LogP contribution in [-0.4, -0.2) is 23.9 Å². The third-order valence-corrected chi connectivity index (χ3v) is 4.72. The molecular weight excluding hydrogens is 244 g/mol. The van der Waals surface area contributed by atoms with Gasteiger partial charge in [0.1, 0.15) is 5.78 Å². The summed E-state index contributed by atoms with van der Waals surface area (Å²) in [5.74, 6) is 0.592. The molecule has 0 amide bonds. The highest BCUT2D eigenvalue weighted by Crippen LogP contribution is 2.31. The average Bonchev–Trinajstić information content (AvgIpc) is 2.82. The van der Waals surface area contributed by atoms with Crippen molar-refractivity contribution in [2.24, 2.45) is 5.92 Å². The molecule has 1 aliphatic heterocycles. The van der Waals surface area contributed by atoms with Crippen LogP contribution in [0.1, 0.15) is 19.8 Å². The van der Waals surface area contributed by atoms with Gasteiger partial charge in [-0.2, -0.15) is 0 Å². The zero-order valence-corrected chi connectivity index (χ0v) is 11.2. The fourth-order valence-electron chi connectivity index (χ4n) is 2.47. The Kier molecular flexibility index (Phi) is 3.04. The largest absolute Gasteiger partial charge is 0.348 e. The molecule has 0 saturated carbocycles. The van der Waals surface area contributed by atoms with Crippen LogP contribution in [0.25, 0.3) is 10.2 Å². The van der Waals surface area contributed by atoms with Gasteiger partial charge in [0.2, 0.25) is 0 Å². The van der Waals surface area contributed by atoms with Crippen molar-refractivity contribution in [2.45, 2.75) is 19.8 Å². The summed E-state index contributed by atoms with van der Waals surface area (Å²) in [5.41, 5.74) is 1.08. The normalized spacial score (nSPS) is 17.3. The topological polar surface area (TPSA) is 33.2 Å². The molecule has 1 aromatic heterocycles. The number of fused-ring (bicyclic) bond motifs is 1. The highest BCUT2D eigenvalue weighted by molar-refractivity contribution is 7.22. The molecule has 0 bridgehead atoms. The number of anilines is 1. The molecule has 0 spiro atoms. The maximum atomic E-state index is 11.4. The van der Waals surface area contributed by atoms with Crippen LogP contribution in [-0.2, 0) is 4.79 Å². The monoisotopic (exact) mass is 260 g/mol. The SMILES string of the molecule is CC(=O)C1CCN(c2nc3ccccc3s2)CC1. The predicted octanol–water partition coefficient (Wildman–Crippen LogP) is 3.10. The molecule has 4 heteroatoms. The zero-order chi connectivity index (χ0) is 12.5. The molecule has 3 nitrogen and oxygen atoms in total. The molecule has 0 unspecified atom stereocenters. The number of hydrogen-bond donors (Lipinski definition) is 0. The minimum atomic E-state index is 0.260. The first-order chi connectivity index (χ1) is 8.74. The predicted molar refractivity (Wildman–Crippen MR) is 75.2 cm³/mol. The van der Waals surface area contributed by atoms with E-state index in [9.17, 15) is 4.79 Å². The molecule has 1 aromatic carbocycles. The molecule has 18 heavy (non-hydrogen) atoms. The molecule has 0 aliphatic carbocycles. The minimum absolute atomic E-state index is 0.260. The first-order valence-electron chi connectivity index (χ1n) is 6.35. The van der Waals surface area contributed by atoms with Crippen molar-refractivity contribution < 1.29 is 4.79 Å². The van der Waals surface area contributed by atoms with Crippen LogP contribution in [0.5, 0.6) is 0 Å². The lowest BCUT2D eigenvalue weighted by Gasteiger charge is -2.30. The van der Waals surface area contributed by atoms with E-state index in [4.69, 9.17) is 0 Å². The van der Waals surface area contributed by atoms with Crippen molar-refractivity contribution in [1.29, 1.82) is 0 Å². The Morgan fingerprint density at radius 2 is 2.06 bits per heavy atom. The van der Waals surface area contributed by atoms with Crippen LogP contribution >= 0.6 is 11.3 Å². The van der Waals surface area contributed by atoms with Gasteiger partial charge in [0, 0.05) is 19.0 Å². The highest BCUT2D eigenvalue weighted by atomic mass is 32.1. The summed E-state index contributed by atoms with van der Waals surface area (Å²) in [7, 11) is 0. The maximum Gasteiger partial charge on any atom is 0.186 e. The van der Waals surface area contributed by atoms with Gasteiger partial charge >= 0.3 is 0 Å². The molecule has 1 fully saturated rings. The molecule has 3 rings (SSSR count). The summed E-state index contributed by atoms with van der Waals surface area (Å²) in [5, 5.41) is 1.10. The summed E-state index contributed by atoms with van der Waals surface area (Å²) in [4.78, 5) is 18.3. The van der Waals surface area contributed by atoms with Gasteiger partial charge in [0.15, 0.2) is 5.13 Å². The number of piperidine rings is 1. The number of nitrogens with zero attached hydrogens (tertiary/aromatic N) is 2. The van der Waals surface area contributed by atoms with Gasteiger partial charge in [-0.05, 0) is 31.9 Å². The smallest absolute Gasteiger partial charge is 0.186 e. The van der Waals surface area contributed by atoms with E-state index >= 15 is 0 Å². The van der Waals surface area contributed by atoms with E-state index < -0.39 is 0 Å². The Hall–Kier alpha value is -1.42. The Bertz CT molecular complexity index is 537. The number of Topliss-reactive ketones (excluding diaryl/α,β-unsaturated/α-hetero) is 1. The first-order valence-corrected chi connectivity index (χ1v) is 7.16. The van der Waals surface area contributed by atoms with Crippen molar-refractivity contribution in [1.82, 2.24) is 4.98 Å². The summed E-state index contributed by atoms with van der Waals surface area (Å²) in [6.45, 7) is 3.60. The van der Waals surface area contributed by atoms with Crippen molar-refractivity contribution in [3.05, 3.63) is 24.3 Å². The number of thiazole rings is 1. The number of carbonyl (C=O) groups is 1. The third kappa shape index (κ3) is 2.12. The number of hydrogen-bond acceptors (Lipinski definition) is 4. The van der Waals surface area contributed by atoms with E-state index in [1.807, 2.05) is 12.1 Å². The Labute approximate surface area is 110 Å². The number of rotatable bonds is 2. The quantitative estimate of drug-likeness (QED) is 0.832. The maximum absolute atomic E-state index is 11.4. The summed E-state index contributed by atoms with van der Waals surface area (Å²) < 4.78 is 1.24. The van der Waals surface area contributed by atoms with E-state index in [0.717, 1.165) is 36.6 Å². The zero-order valence-electron chi connectivity index (χ0n) is 10.4. The van der Waals surface area contributed by atoms with Crippen LogP contribution in [0.15, 0.2) is 24.3 Å². The number of aromatic nitrogens is 1. The van der Waals surface area contributed by atoms with Crippen molar-refractivity contribution in [3.63, 3.8) is 0 Å². The average molecular weight is 260 g/mol. The second-order valence-corrected chi connectivity index (χ2v) is 5.85. The second kappa shape index (κ2) is 4.69. The van der Waals surface area contributed by atoms with Gasteiger partial charge in [-0.25, -0.2) is 4.98 Å². The van der Waals surface area contributed by atoms with Crippen LogP contribution < -0.4 is 4.90 Å². The van der Waals surface area contributed by atoms with Crippen molar-refractivity contribution in [3.8, 4) is 0 Å². The molecule has 0 N–H and O–H groups in total. The molecule has 2 aromatic rings. The fraction of sp³-hybridized carbons (Fsp3) is 0.429. The van der Waals surface area contributed by atoms with Crippen LogP contribution in [0.4, 0.5) is 5.13 Å². The van der Waals surface area contributed by atoms with E-state index in [2.05, 4.69) is 22.0 Å². The molecule has 94 valence electrons. The molecular formula is C14H16N2OS. The first kappa shape index (κ1) is 11.7. The number of para-hydroxylation sites is 1. The molecule has 1 aliphatic rings. The van der Waals surface area contributed by atoms with E-state index in [0.29, 0.717) is 5.78 Å². The minimum Gasteiger partial charge on any atom is -0.348 e. The van der Waals surface area contributed by atoms with Gasteiger partial charge in [-0.15, -0.1) is 0 Å². The lowest BCUT2D eigenvalue weighted by molar-refractivity contribution is -0.121. The number of carbonyl (C=O) groups excluding carboxylic acids is 1. The van der Waals surface area contributed by atoms with Crippen LogP contribution in [0.3, 0.4) is 0 Å². The Morgan fingerprint density at radius 1 is 1.33 bits per heavy atom. The van der Waals surface area contributed by atoms with Crippen molar-refractivity contribution >= 4 is 32.5 Å². The molecule has 0 atom stereocenters. The Balaban J connectivity index is 1.78. The highest BCUT2D eigenvalue weighted by Gasteiger charge is 2.23. The van der Waals surface area contributed by atoms with Crippen LogP contribution in [0, 0.1) is 5.92 Å². The summed E-state index contributed by atoms with van der Waals surface area (Å²) in [6.07, 6.45) is 1.93. The lowest BCUT2D eigenvalue weighted by Crippen LogP contribution is -2.35. The molecule has 1 saturated heterocycles. The van der Waals surface area contributed by atoms with E-state index in [1.165, 1.54) is 4.70 Å². The van der Waals surface area contributed by atoms with Gasteiger partial charge in [-0.3, -0.25) is 4.79 Å². The number of benzene rings is 1. The van der Waals surface area contributed by atoms with Gasteiger partial charge in [0.25, 0.3) is 0 Å². The number of ketones is 1. The summed E-state index contributed by atoms with van der Waals surface area (Å²) >= 11 is 1.74. The Morgan fingerprint density at radius 3 is 2.72 bits per heavy atom. The third-order valence-electron chi connectivity index (χ3n) is 3.62. The molecule has 0 radical (unpaired) electrons. The summed E-state index contributed by atoms with van der Waals surface area (Å²) in [6, 6.07) is 8.23.